The maximum atomic E-state index is 11.8. The number of rotatable bonds is 5. The highest BCUT2D eigenvalue weighted by Gasteiger charge is 2.39. The molecular weight excluding hydrogens is 272 g/mol. The van der Waals surface area contributed by atoms with Crippen LogP contribution in [0.3, 0.4) is 0 Å². The molecule has 0 amide bonds. The Bertz CT molecular complexity index is 457. The van der Waals surface area contributed by atoms with E-state index in [-0.39, 0.29) is 0 Å². The number of carbonyl (C=O) groups is 1. The summed E-state index contributed by atoms with van der Waals surface area (Å²) >= 11 is 1.69. The van der Waals surface area contributed by atoms with Gasteiger partial charge in [-0.1, -0.05) is 12.1 Å². The minimum absolute atomic E-state index is 0.539. The van der Waals surface area contributed by atoms with Gasteiger partial charge in [-0.25, -0.2) is 0 Å². The number of thioether (sulfide) groups is 1. The standard InChI is InChI=1S/C15H22N2O2S/c1-15(14(18)19,17-9-7-16-8-10-17)11-12-3-5-13(20-2)6-4-12/h3-6,16H,7-11H2,1-2H3,(H,18,19). The average Bonchev–Trinajstić information content (AvgIpc) is 2.48. The predicted octanol–water partition coefficient (Wildman–Crippen LogP) is 1.70. The number of hydrogen-bond donors (Lipinski definition) is 2. The SMILES string of the molecule is CSc1ccc(CC(C)(C(=O)O)N2CCNCC2)cc1. The van der Waals surface area contributed by atoms with Gasteiger partial charge in [-0.2, -0.15) is 0 Å². The lowest BCUT2D eigenvalue weighted by Crippen LogP contribution is -2.59. The van der Waals surface area contributed by atoms with E-state index in [1.807, 2.05) is 25.3 Å². The van der Waals surface area contributed by atoms with Gasteiger partial charge in [0.1, 0.15) is 5.54 Å². The third-order valence-electron chi connectivity index (χ3n) is 3.98. The molecule has 1 unspecified atom stereocenters. The van der Waals surface area contributed by atoms with E-state index in [1.165, 1.54) is 4.90 Å². The lowest BCUT2D eigenvalue weighted by atomic mass is 9.90. The Labute approximate surface area is 124 Å². The topological polar surface area (TPSA) is 52.6 Å². The van der Waals surface area contributed by atoms with Crippen molar-refractivity contribution in [1.29, 1.82) is 0 Å². The van der Waals surface area contributed by atoms with Gasteiger partial charge in [0.05, 0.1) is 0 Å². The Balaban J connectivity index is 2.16. The molecule has 0 radical (unpaired) electrons. The van der Waals surface area contributed by atoms with Gasteiger partial charge in [-0.15, -0.1) is 11.8 Å². The minimum Gasteiger partial charge on any atom is -0.480 e. The van der Waals surface area contributed by atoms with Crippen molar-refractivity contribution in [2.75, 3.05) is 32.4 Å². The highest BCUT2D eigenvalue weighted by molar-refractivity contribution is 7.98. The Kier molecular flexibility index (Phi) is 5.07. The summed E-state index contributed by atoms with van der Waals surface area (Å²) in [7, 11) is 0. The van der Waals surface area contributed by atoms with E-state index < -0.39 is 11.5 Å². The first-order chi connectivity index (χ1) is 9.56. The summed E-state index contributed by atoms with van der Waals surface area (Å²) in [5, 5.41) is 12.9. The number of hydrogen-bond acceptors (Lipinski definition) is 4. The Morgan fingerprint density at radius 1 is 1.35 bits per heavy atom. The quantitative estimate of drug-likeness (QED) is 0.810. The number of carboxylic acids is 1. The molecule has 5 heteroatoms. The van der Waals surface area contributed by atoms with Crippen molar-refractivity contribution >= 4 is 17.7 Å². The first-order valence-electron chi connectivity index (χ1n) is 6.88. The second-order valence-corrected chi connectivity index (χ2v) is 6.22. The van der Waals surface area contributed by atoms with Gasteiger partial charge in [0.25, 0.3) is 0 Å². The summed E-state index contributed by atoms with van der Waals surface area (Å²) in [6.45, 7) is 5.11. The number of aliphatic carboxylic acids is 1. The van der Waals surface area contributed by atoms with E-state index in [0.29, 0.717) is 6.42 Å². The molecule has 1 atom stereocenters. The number of piperazine rings is 1. The van der Waals surface area contributed by atoms with Crippen LogP contribution < -0.4 is 5.32 Å². The molecule has 0 spiro atoms. The first kappa shape index (κ1) is 15.4. The highest BCUT2D eigenvalue weighted by atomic mass is 32.2. The van der Waals surface area contributed by atoms with Gasteiger partial charge in [-0.05, 0) is 30.9 Å². The second kappa shape index (κ2) is 6.61. The van der Waals surface area contributed by atoms with Crippen molar-refractivity contribution in [2.45, 2.75) is 23.8 Å². The van der Waals surface area contributed by atoms with Crippen molar-refractivity contribution in [3.63, 3.8) is 0 Å². The first-order valence-corrected chi connectivity index (χ1v) is 8.11. The normalized spacial score (nSPS) is 19.5. The Hall–Kier alpha value is -1.04. The number of nitrogens with one attached hydrogen (secondary N) is 1. The molecule has 1 fully saturated rings. The molecule has 0 aromatic heterocycles. The van der Waals surface area contributed by atoms with E-state index in [9.17, 15) is 9.90 Å². The third kappa shape index (κ3) is 3.34. The van der Waals surface area contributed by atoms with Crippen molar-refractivity contribution in [3.05, 3.63) is 29.8 Å². The zero-order chi connectivity index (χ0) is 14.6. The highest BCUT2D eigenvalue weighted by Crippen LogP contribution is 2.24. The lowest BCUT2D eigenvalue weighted by Gasteiger charge is -2.40. The molecule has 2 rings (SSSR count). The predicted molar refractivity (Wildman–Crippen MR) is 82.4 cm³/mol. The van der Waals surface area contributed by atoms with Crippen LogP contribution in [0.4, 0.5) is 0 Å². The fraction of sp³-hybridized carbons (Fsp3) is 0.533. The van der Waals surface area contributed by atoms with Gasteiger partial charge in [0, 0.05) is 37.5 Å². The van der Waals surface area contributed by atoms with Crippen LogP contribution in [0, 0.1) is 0 Å². The van der Waals surface area contributed by atoms with Crippen LogP contribution in [0.25, 0.3) is 0 Å². The van der Waals surface area contributed by atoms with Crippen molar-refractivity contribution in [3.8, 4) is 0 Å². The molecule has 1 aromatic carbocycles. The fourth-order valence-electron chi connectivity index (χ4n) is 2.62. The molecule has 4 nitrogen and oxygen atoms in total. The molecule has 1 aliphatic rings. The van der Waals surface area contributed by atoms with Gasteiger partial charge in [0.2, 0.25) is 0 Å². The summed E-state index contributed by atoms with van der Waals surface area (Å²) < 4.78 is 0. The zero-order valence-corrected chi connectivity index (χ0v) is 12.9. The average molecular weight is 294 g/mol. The van der Waals surface area contributed by atoms with Crippen molar-refractivity contribution in [2.24, 2.45) is 0 Å². The Morgan fingerprint density at radius 2 is 1.95 bits per heavy atom. The van der Waals surface area contributed by atoms with E-state index in [4.69, 9.17) is 0 Å². The zero-order valence-electron chi connectivity index (χ0n) is 12.1. The van der Waals surface area contributed by atoms with Gasteiger partial charge < -0.3 is 10.4 Å². The molecular formula is C15H22N2O2S. The van der Waals surface area contributed by atoms with E-state index in [1.54, 1.807) is 11.8 Å². The van der Waals surface area contributed by atoms with Crippen LogP contribution in [0.2, 0.25) is 0 Å². The van der Waals surface area contributed by atoms with E-state index >= 15 is 0 Å². The molecule has 1 heterocycles. The molecule has 1 aliphatic heterocycles. The largest absolute Gasteiger partial charge is 0.480 e. The molecule has 0 bridgehead atoms. The Morgan fingerprint density at radius 3 is 2.45 bits per heavy atom. The molecule has 110 valence electrons. The maximum Gasteiger partial charge on any atom is 0.324 e. The summed E-state index contributed by atoms with van der Waals surface area (Å²) in [5.74, 6) is -0.742. The van der Waals surface area contributed by atoms with E-state index in [0.717, 1.165) is 31.7 Å². The number of benzene rings is 1. The smallest absolute Gasteiger partial charge is 0.324 e. The molecule has 1 aromatic rings. The molecule has 1 saturated heterocycles. The lowest BCUT2D eigenvalue weighted by molar-refractivity contribution is -0.151. The summed E-state index contributed by atoms with van der Waals surface area (Å²) in [4.78, 5) is 15.1. The van der Waals surface area contributed by atoms with Crippen molar-refractivity contribution in [1.82, 2.24) is 10.2 Å². The maximum absolute atomic E-state index is 11.8. The minimum atomic E-state index is -0.830. The van der Waals surface area contributed by atoms with E-state index in [2.05, 4.69) is 22.3 Å². The van der Waals surface area contributed by atoms with Crippen LogP contribution in [0.5, 0.6) is 0 Å². The fourth-order valence-corrected chi connectivity index (χ4v) is 3.03. The van der Waals surface area contributed by atoms with Crippen LogP contribution in [-0.4, -0.2) is 53.9 Å². The van der Waals surface area contributed by atoms with Crippen LogP contribution in [-0.2, 0) is 11.2 Å². The monoisotopic (exact) mass is 294 g/mol. The molecule has 20 heavy (non-hydrogen) atoms. The van der Waals surface area contributed by atoms with Crippen LogP contribution in [0.1, 0.15) is 12.5 Å². The molecule has 2 N–H and O–H groups in total. The number of carboxylic acid groups (broad SMARTS) is 1. The van der Waals surface area contributed by atoms with Gasteiger partial charge in [-0.3, -0.25) is 9.69 Å². The van der Waals surface area contributed by atoms with Crippen LogP contribution in [0.15, 0.2) is 29.2 Å². The molecule has 0 aliphatic carbocycles. The summed E-state index contributed by atoms with van der Waals surface area (Å²) in [6, 6.07) is 8.19. The van der Waals surface area contributed by atoms with Gasteiger partial charge in [0.15, 0.2) is 0 Å². The summed E-state index contributed by atoms with van der Waals surface area (Å²) in [5.41, 5.74) is 0.245. The molecule has 0 saturated carbocycles. The van der Waals surface area contributed by atoms with Crippen LogP contribution >= 0.6 is 11.8 Å². The summed E-state index contributed by atoms with van der Waals surface area (Å²) in [6.07, 6.45) is 2.58. The third-order valence-corrected chi connectivity index (χ3v) is 4.73. The van der Waals surface area contributed by atoms with Gasteiger partial charge >= 0.3 is 5.97 Å². The second-order valence-electron chi connectivity index (χ2n) is 5.34. The van der Waals surface area contributed by atoms with Crippen molar-refractivity contribution < 1.29 is 9.90 Å². The number of nitrogens with zero attached hydrogens (tertiary/aromatic N) is 1.